The number of aliphatic imine (C=N–C) groups is 1. The smallest absolute Gasteiger partial charge is 0.119 e. The summed E-state index contributed by atoms with van der Waals surface area (Å²) in [7, 11) is 0. The Labute approximate surface area is 252 Å². The minimum atomic E-state index is -1.13. The quantitative estimate of drug-likeness (QED) is 0.181. The Balaban J connectivity index is 1.41. The summed E-state index contributed by atoms with van der Waals surface area (Å²) in [6.07, 6.45) is 9.42. The summed E-state index contributed by atoms with van der Waals surface area (Å²) >= 11 is 0. The largest absolute Gasteiger partial charge is 0.345 e. The molecular formula is C36H50FN5. The summed E-state index contributed by atoms with van der Waals surface area (Å²) in [5, 5.41) is 8.82. The van der Waals surface area contributed by atoms with Gasteiger partial charge in [-0.15, -0.1) is 5.10 Å². The molecule has 0 radical (unpaired) electrons. The maximum absolute atomic E-state index is 15.4. The third-order valence-corrected chi connectivity index (χ3v) is 10.3. The fraction of sp³-hybridized carbons (Fsp3) is 0.583. The van der Waals surface area contributed by atoms with Gasteiger partial charge in [0.25, 0.3) is 0 Å². The molecule has 1 aromatic heterocycles. The molecule has 0 saturated heterocycles. The zero-order chi connectivity index (χ0) is 29.9. The van der Waals surface area contributed by atoms with Gasteiger partial charge in [-0.25, -0.2) is 9.07 Å². The molecular weight excluding hydrogens is 521 g/mol. The first-order chi connectivity index (χ1) is 20.2. The molecule has 5 nitrogen and oxygen atoms in total. The number of aromatic nitrogens is 3. The lowest BCUT2D eigenvalue weighted by Crippen LogP contribution is -2.32. The lowest BCUT2D eigenvalue weighted by molar-refractivity contribution is 0.161. The predicted molar refractivity (Wildman–Crippen MR) is 174 cm³/mol. The molecule has 5 unspecified atom stereocenters. The fourth-order valence-electron chi connectivity index (χ4n) is 7.55. The summed E-state index contributed by atoms with van der Waals surface area (Å²) in [6, 6.07) is 16.5. The van der Waals surface area contributed by atoms with Gasteiger partial charge in [-0.05, 0) is 99.5 Å². The second kappa shape index (κ2) is 12.7. The minimum absolute atomic E-state index is 0.116. The van der Waals surface area contributed by atoms with Crippen LogP contribution >= 0.6 is 0 Å². The number of alkyl halides is 1. The minimum Gasteiger partial charge on any atom is -0.345 e. The lowest BCUT2D eigenvalue weighted by atomic mass is 9.71. The number of benzene rings is 2. The SMILES string of the molecule is C=C(C1CC1(F)CC)N(CC1CCC(CCC)(C(C)CN=C(C)CCC)C1)c1cccc(-n2nnc3ccccc32)c1. The van der Waals surface area contributed by atoms with Crippen molar-refractivity contribution in [1.29, 1.82) is 0 Å². The van der Waals surface area contributed by atoms with Crippen molar-refractivity contribution in [1.82, 2.24) is 15.0 Å². The summed E-state index contributed by atoms with van der Waals surface area (Å²) < 4.78 is 17.3. The van der Waals surface area contributed by atoms with Gasteiger partial charge in [0.1, 0.15) is 11.2 Å². The topological polar surface area (TPSA) is 46.3 Å². The van der Waals surface area contributed by atoms with Crippen LogP contribution in [0.5, 0.6) is 0 Å². The zero-order valence-corrected chi connectivity index (χ0v) is 26.5. The highest BCUT2D eigenvalue weighted by molar-refractivity contribution is 5.81. The summed E-state index contributed by atoms with van der Waals surface area (Å²) in [5.74, 6) is 0.966. The Bertz CT molecular complexity index is 1410. The molecule has 42 heavy (non-hydrogen) atoms. The van der Waals surface area contributed by atoms with Gasteiger partial charge in [-0.3, -0.25) is 4.99 Å². The van der Waals surface area contributed by atoms with Gasteiger partial charge >= 0.3 is 0 Å². The molecule has 5 rings (SSSR count). The number of para-hydroxylation sites is 1. The van der Waals surface area contributed by atoms with E-state index in [1.54, 1.807) is 0 Å². The zero-order valence-electron chi connectivity index (χ0n) is 26.5. The van der Waals surface area contributed by atoms with Gasteiger partial charge in [-0.2, -0.15) is 0 Å². The third-order valence-electron chi connectivity index (χ3n) is 10.3. The second-order valence-electron chi connectivity index (χ2n) is 13.2. The highest BCUT2D eigenvalue weighted by Crippen LogP contribution is 2.56. The molecule has 2 saturated carbocycles. The maximum atomic E-state index is 15.4. The van der Waals surface area contributed by atoms with Crippen molar-refractivity contribution in [3.63, 3.8) is 0 Å². The van der Waals surface area contributed by atoms with Crippen molar-refractivity contribution in [3.05, 3.63) is 60.8 Å². The van der Waals surface area contributed by atoms with E-state index in [0.717, 1.165) is 54.0 Å². The average molecular weight is 572 g/mol. The molecule has 226 valence electrons. The van der Waals surface area contributed by atoms with E-state index < -0.39 is 5.67 Å². The number of halogens is 1. The molecule has 2 fully saturated rings. The number of fused-ring (bicyclic) bond motifs is 1. The van der Waals surface area contributed by atoms with Crippen LogP contribution in [0.15, 0.2) is 65.8 Å². The van der Waals surface area contributed by atoms with Crippen molar-refractivity contribution in [2.24, 2.45) is 28.2 Å². The molecule has 6 heteroatoms. The van der Waals surface area contributed by atoms with Crippen LogP contribution in [0, 0.1) is 23.2 Å². The highest BCUT2D eigenvalue weighted by Gasteiger charge is 2.56. The molecule has 0 amide bonds. The van der Waals surface area contributed by atoms with Gasteiger partial charge in [0.15, 0.2) is 0 Å². The number of anilines is 1. The lowest BCUT2D eigenvalue weighted by Gasteiger charge is -2.36. The van der Waals surface area contributed by atoms with Gasteiger partial charge in [0.05, 0.1) is 11.2 Å². The number of rotatable bonds is 14. The van der Waals surface area contributed by atoms with E-state index in [1.165, 1.54) is 37.8 Å². The first kappa shape index (κ1) is 30.4. The standard InChI is InChI=1S/C36H50FN5/c1-7-13-27(5)38-24-26(4)35(19-8-2)20-18-29(22-35)25-41(28(6)32-23-36(32,37)9-3)30-14-12-15-31(21-30)42-34-17-11-10-16-33(34)39-40-42/h10-12,14-17,21,26,29,32H,6-9,13,18-20,22-25H2,1-5H3. The van der Waals surface area contributed by atoms with Crippen LogP contribution in [0.25, 0.3) is 16.7 Å². The van der Waals surface area contributed by atoms with Gasteiger partial charge in [0, 0.05) is 36.1 Å². The number of hydrogen-bond donors (Lipinski definition) is 0. The van der Waals surface area contributed by atoms with Crippen LogP contribution in [0.1, 0.15) is 92.4 Å². The third kappa shape index (κ3) is 6.18. The first-order valence-corrected chi connectivity index (χ1v) is 16.3. The molecule has 2 aliphatic carbocycles. The van der Waals surface area contributed by atoms with E-state index in [2.05, 4.69) is 73.8 Å². The molecule has 2 aliphatic rings. The highest BCUT2D eigenvalue weighted by atomic mass is 19.1. The molecule has 0 bridgehead atoms. The first-order valence-electron chi connectivity index (χ1n) is 16.3. The van der Waals surface area contributed by atoms with Crippen LogP contribution in [0.3, 0.4) is 0 Å². The van der Waals surface area contributed by atoms with Crippen LogP contribution in [0.4, 0.5) is 10.1 Å². The van der Waals surface area contributed by atoms with Crippen LogP contribution < -0.4 is 4.90 Å². The molecule has 0 spiro atoms. The normalized spacial score (nSPS) is 26.5. The monoisotopic (exact) mass is 571 g/mol. The van der Waals surface area contributed by atoms with Crippen molar-refractivity contribution in [2.45, 2.75) is 98.1 Å². The number of hydrogen-bond acceptors (Lipinski definition) is 4. The number of nitrogens with zero attached hydrogens (tertiary/aromatic N) is 5. The van der Waals surface area contributed by atoms with E-state index in [0.29, 0.717) is 30.1 Å². The maximum Gasteiger partial charge on any atom is 0.119 e. The average Bonchev–Trinajstić information content (AvgIpc) is 3.30. The Kier molecular flexibility index (Phi) is 9.20. The Morgan fingerprint density at radius 1 is 1.14 bits per heavy atom. The second-order valence-corrected chi connectivity index (χ2v) is 13.2. The van der Waals surface area contributed by atoms with Crippen molar-refractivity contribution in [2.75, 3.05) is 18.0 Å². The van der Waals surface area contributed by atoms with Crippen LogP contribution in [-0.2, 0) is 0 Å². The van der Waals surface area contributed by atoms with Gasteiger partial charge in [-0.1, -0.05) is 70.5 Å². The van der Waals surface area contributed by atoms with Crippen LogP contribution in [-0.4, -0.2) is 39.5 Å². The molecule has 0 N–H and O–H groups in total. The summed E-state index contributed by atoms with van der Waals surface area (Å²) in [5.41, 5.74) is 5.25. The van der Waals surface area contributed by atoms with Crippen molar-refractivity contribution >= 4 is 22.4 Å². The molecule has 2 aromatic carbocycles. The molecule has 1 heterocycles. The van der Waals surface area contributed by atoms with Crippen molar-refractivity contribution < 1.29 is 4.39 Å². The summed E-state index contributed by atoms with van der Waals surface area (Å²) in [6.45, 7) is 17.4. The molecule has 0 aliphatic heterocycles. The van der Waals surface area contributed by atoms with E-state index in [9.17, 15) is 0 Å². The molecule has 5 atom stereocenters. The number of allylic oxidation sites excluding steroid dienone is 1. The van der Waals surface area contributed by atoms with E-state index in [1.807, 2.05) is 35.9 Å². The predicted octanol–water partition coefficient (Wildman–Crippen LogP) is 9.36. The van der Waals surface area contributed by atoms with Gasteiger partial charge in [0.2, 0.25) is 0 Å². The van der Waals surface area contributed by atoms with E-state index >= 15 is 4.39 Å². The van der Waals surface area contributed by atoms with Crippen molar-refractivity contribution in [3.8, 4) is 5.69 Å². The van der Waals surface area contributed by atoms with E-state index in [4.69, 9.17) is 4.99 Å². The summed E-state index contributed by atoms with van der Waals surface area (Å²) in [4.78, 5) is 7.34. The molecule has 3 aromatic rings. The van der Waals surface area contributed by atoms with Crippen LogP contribution in [0.2, 0.25) is 0 Å². The van der Waals surface area contributed by atoms with Gasteiger partial charge < -0.3 is 4.90 Å². The Hall–Kier alpha value is -3.02. The fourth-order valence-corrected chi connectivity index (χ4v) is 7.55. The van der Waals surface area contributed by atoms with E-state index in [-0.39, 0.29) is 5.92 Å². The Morgan fingerprint density at radius 2 is 1.95 bits per heavy atom. The Morgan fingerprint density at radius 3 is 2.69 bits per heavy atom.